The minimum absolute atomic E-state index is 0.219. The molecule has 3 aromatic heterocycles. The Morgan fingerprint density at radius 1 is 1.23 bits per heavy atom. The zero-order chi connectivity index (χ0) is 22.3. The van der Waals surface area contributed by atoms with Gasteiger partial charge in [0.15, 0.2) is 5.82 Å². The third kappa shape index (κ3) is 4.63. The number of pyridine rings is 1. The highest BCUT2D eigenvalue weighted by Gasteiger charge is 2.22. The standard InChI is InChI=1S/C22H27N5O3/c1-7-26-12-16(15-10-14(24-11-18(15)26)8-9-22(5,6)29)17-13-27(25-19(17)23)20(28)30-21(2,3)4/h10-13,29H,7H2,1-6H3,(H2,23,25). The number of carbonyl (C=O) groups is 1. The molecule has 3 rings (SSSR count). The molecule has 0 fully saturated rings. The van der Waals surface area contributed by atoms with Gasteiger partial charge in [0.05, 0.1) is 11.7 Å². The van der Waals surface area contributed by atoms with Crippen LogP contribution in [0.25, 0.3) is 22.0 Å². The van der Waals surface area contributed by atoms with Crippen molar-refractivity contribution in [2.75, 3.05) is 5.73 Å². The molecule has 0 bridgehead atoms. The van der Waals surface area contributed by atoms with E-state index >= 15 is 0 Å². The molecule has 3 heterocycles. The minimum Gasteiger partial charge on any atom is -0.442 e. The van der Waals surface area contributed by atoms with Gasteiger partial charge in [-0.3, -0.25) is 0 Å². The van der Waals surface area contributed by atoms with E-state index in [-0.39, 0.29) is 5.82 Å². The molecule has 0 atom stereocenters. The van der Waals surface area contributed by atoms with Crippen LogP contribution in [-0.2, 0) is 11.3 Å². The van der Waals surface area contributed by atoms with Gasteiger partial charge in [-0.05, 0) is 53.5 Å². The summed E-state index contributed by atoms with van der Waals surface area (Å²) in [6.45, 7) is 11.3. The lowest BCUT2D eigenvalue weighted by Crippen LogP contribution is -2.27. The quantitative estimate of drug-likeness (QED) is 0.628. The van der Waals surface area contributed by atoms with Gasteiger partial charge in [0, 0.05) is 35.5 Å². The molecule has 0 aliphatic carbocycles. The van der Waals surface area contributed by atoms with Crippen molar-refractivity contribution < 1.29 is 14.6 Å². The van der Waals surface area contributed by atoms with Crippen LogP contribution in [0.15, 0.2) is 24.7 Å². The maximum atomic E-state index is 12.4. The Labute approximate surface area is 175 Å². The van der Waals surface area contributed by atoms with Crippen molar-refractivity contribution >= 4 is 22.8 Å². The van der Waals surface area contributed by atoms with Crippen molar-refractivity contribution in [2.45, 2.75) is 59.3 Å². The third-order valence-electron chi connectivity index (χ3n) is 4.22. The van der Waals surface area contributed by atoms with Gasteiger partial charge in [0.25, 0.3) is 0 Å². The molecule has 0 amide bonds. The van der Waals surface area contributed by atoms with Crippen LogP contribution < -0.4 is 5.73 Å². The number of nitrogens with two attached hydrogens (primary N) is 1. The van der Waals surface area contributed by atoms with E-state index in [1.54, 1.807) is 47.0 Å². The maximum absolute atomic E-state index is 12.4. The Kier molecular flexibility index (Phi) is 5.35. The molecule has 8 nitrogen and oxygen atoms in total. The summed E-state index contributed by atoms with van der Waals surface area (Å²) in [5.41, 5.74) is 7.25. The fraction of sp³-hybridized carbons (Fsp3) is 0.409. The second-order valence-electron chi connectivity index (χ2n) is 8.58. The van der Waals surface area contributed by atoms with E-state index in [9.17, 15) is 9.90 Å². The van der Waals surface area contributed by atoms with Crippen LogP contribution in [0.5, 0.6) is 0 Å². The number of fused-ring (bicyclic) bond motifs is 1. The number of nitrogens with zero attached hydrogens (tertiary/aromatic N) is 4. The Morgan fingerprint density at radius 2 is 1.93 bits per heavy atom. The number of hydrogen-bond donors (Lipinski definition) is 2. The zero-order valence-corrected chi connectivity index (χ0v) is 18.1. The molecule has 3 aromatic rings. The highest BCUT2D eigenvalue weighted by Crippen LogP contribution is 2.34. The molecule has 158 valence electrons. The molecule has 0 radical (unpaired) electrons. The minimum atomic E-state index is -1.12. The average molecular weight is 409 g/mol. The van der Waals surface area contributed by atoms with Gasteiger partial charge in [-0.25, -0.2) is 9.78 Å². The van der Waals surface area contributed by atoms with Gasteiger partial charge in [0.1, 0.15) is 16.9 Å². The van der Waals surface area contributed by atoms with Gasteiger partial charge in [-0.1, -0.05) is 5.92 Å². The second-order valence-corrected chi connectivity index (χ2v) is 8.58. The van der Waals surface area contributed by atoms with E-state index in [2.05, 4.69) is 21.9 Å². The lowest BCUT2D eigenvalue weighted by molar-refractivity contribution is 0.0515. The number of aliphatic hydroxyl groups is 1. The van der Waals surface area contributed by atoms with Gasteiger partial charge in [-0.15, -0.1) is 5.10 Å². The second kappa shape index (κ2) is 7.50. The van der Waals surface area contributed by atoms with Crippen LogP contribution in [-0.4, -0.2) is 41.7 Å². The molecule has 3 N–H and O–H groups in total. The first-order valence-electron chi connectivity index (χ1n) is 9.71. The number of aryl methyl sites for hydroxylation is 1. The summed E-state index contributed by atoms with van der Waals surface area (Å²) in [6.07, 6.45) is 4.66. The highest BCUT2D eigenvalue weighted by molar-refractivity contribution is 5.98. The van der Waals surface area contributed by atoms with Crippen molar-refractivity contribution in [3.05, 3.63) is 30.4 Å². The molecule has 0 unspecified atom stereocenters. The number of rotatable bonds is 2. The smallest absolute Gasteiger partial charge is 0.435 e. The number of ether oxygens (including phenoxy) is 1. The Hall–Kier alpha value is -3.31. The summed E-state index contributed by atoms with van der Waals surface area (Å²) < 4.78 is 8.52. The average Bonchev–Trinajstić information content (AvgIpc) is 3.18. The summed E-state index contributed by atoms with van der Waals surface area (Å²) in [5.74, 6) is 5.89. The molecular formula is C22H27N5O3. The molecule has 0 saturated heterocycles. The SMILES string of the molecule is CCn1cc(-c2cn(C(=O)OC(C)(C)C)nc2N)c2cc(C#CC(C)(C)O)ncc21. The van der Waals surface area contributed by atoms with E-state index in [0.29, 0.717) is 11.3 Å². The summed E-state index contributed by atoms with van der Waals surface area (Å²) in [6, 6.07) is 1.85. The van der Waals surface area contributed by atoms with Crippen LogP contribution in [0.2, 0.25) is 0 Å². The number of aromatic nitrogens is 4. The van der Waals surface area contributed by atoms with Crippen molar-refractivity contribution in [3.8, 4) is 23.0 Å². The van der Waals surface area contributed by atoms with Gasteiger partial charge in [-0.2, -0.15) is 4.68 Å². The van der Waals surface area contributed by atoms with Crippen molar-refractivity contribution in [1.29, 1.82) is 0 Å². The number of carbonyl (C=O) groups excluding carboxylic acids is 1. The van der Waals surface area contributed by atoms with Crippen LogP contribution in [0, 0.1) is 11.8 Å². The molecule has 0 aromatic carbocycles. The van der Waals surface area contributed by atoms with E-state index in [0.717, 1.165) is 27.7 Å². The fourth-order valence-corrected chi connectivity index (χ4v) is 2.95. The molecule has 8 heteroatoms. The lowest BCUT2D eigenvalue weighted by atomic mass is 10.1. The molecular weight excluding hydrogens is 382 g/mol. The number of hydrogen-bond acceptors (Lipinski definition) is 6. The summed E-state index contributed by atoms with van der Waals surface area (Å²) in [5, 5.41) is 14.9. The van der Waals surface area contributed by atoms with E-state index in [1.165, 1.54) is 0 Å². The fourth-order valence-electron chi connectivity index (χ4n) is 2.95. The Balaban J connectivity index is 2.11. The third-order valence-corrected chi connectivity index (χ3v) is 4.22. The van der Waals surface area contributed by atoms with Gasteiger partial charge < -0.3 is 20.1 Å². The molecule has 30 heavy (non-hydrogen) atoms. The first-order valence-corrected chi connectivity index (χ1v) is 9.71. The molecule has 0 aliphatic rings. The maximum Gasteiger partial charge on any atom is 0.435 e. The Bertz CT molecular complexity index is 1160. The lowest BCUT2D eigenvalue weighted by Gasteiger charge is -2.18. The molecule has 0 spiro atoms. The van der Waals surface area contributed by atoms with Crippen LogP contribution in [0.3, 0.4) is 0 Å². The number of nitrogen functional groups attached to an aromatic ring is 1. The molecule has 0 aliphatic heterocycles. The van der Waals surface area contributed by atoms with Crippen molar-refractivity contribution in [2.24, 2.45) is 0 Å². The van der Waals surface area contributed by atoms with Crippen LogP contribution >= 0.6 is 0 Å². The first-order chi connectivity index (χ1) is 13.9. The summed E-state index contributed by atoms with van der Waals surface area (Å²) in [7, 11) is 0. The van der Waals surface area contributed by atoms with Crippen LogP contribution in [0.4, 0.5) is 10.6 Å². The molecule has 0 saturated carbocycles. The van der Waals surface area contributed by atoms with Crippen molar-refractivity contribution in [1.82, 2.24) is 19.3 Å². The van der Waals surface area contributed by atoms with Gasteiger partial charge in [0.2, 0.25) is 0 Å². The topological polar surface area (TPSA) is 108 Å². The van der Waals surface area contributed by atoms with E-state index in [4.69, 9.17) is 10.5 Å². The highest BCUT2D eigenvalue weighted by atomic mass is 16.6. The first kappa shape index (κ1) is 21.4. The predicted octanol–water partition coefficient (Wildman–Crippen LogP) is 3.41. The number of anilines is 1. The van der Waals surface area contributed by atoms with Crippen molar-refractivity contribution in [3.63, 3.8) is 0 Å². The Morgan fingerprint density at radius 3 is 2.53 bits per heavy atom. The van der Waals surface area contributed by atoms with Gasteiger partial charge >= 0.3 is 6.09 Å². The predicted molar refractivity (Wildman–Crippen MR) is 116 cm³/mol. The summed E-state index contributed by atoms with van der Waals surface area (Å²) in [4.78, 5) is 16.8. The zero-order valence-electron chi connectivity index (χ0n) is 18.1. The monoisotopic (exact) mass is 409 g/mol. The van der Waals surface area contributed by atoms with E-state index in [1.807, 2.05) is 23.8 Å². The summed E-state index contributed by atoms with van der Waals surface area (Å²) >= 11 is 0. The van der Waals surface area contributed by atoms with E-state index < -0.39 is 17.3 Å². The van der Waals surface area contributed by atoms with Crippen LogP contribution in [0.1, 0.15) is 47.2 Å². The largest absolute Gasteiger partial charge is 0.442 e. The normalized spacial score (nSPS) is 12.0.